The first kappa shape index (κ1) is 16.0. The molecule has 1 heteroatoms. The van der Waals surface area contributed by atoms with Gasteiger partial charge in [-0.2, -0.15) is 0 Å². The van der Waals surface area contributed by atoms with E-state index in [1.165, 1.54) is 36.1 Å². The van der Waals surface area contributed by atoms with Crippen LogP contribution in [0.3, 0.4) is 0 Å². The van der Waals surface area contributed by atoms with Crippen molar-refractivity contribution in [2.24, 2.45) is 5.92 Å². The third kappa shape index (κ3) is 6.07. The summed E-state index contributed by atoms with van der Waals surface area (Å²) in [7, 11) is 2.20. The Balaban J connectivity index is 2.39. The van der Waals surface area contributed by atoms with Gasteiger partial charge in [0.15, 0.2) is 0 Å². The number of likely N-dealkylation sites (N-methyl/N-ethyl adjacent to an activating group) is 1. The first-order valence-corrected chi connectivity index (χ1v) is 7.42. The molecule has 106 valence electrons. The summed E-state index contributed by atoms with van der Waals surface area (Å²) in [5.41, 5.74) is 4.10. The Labute approximate surface area is 119 Å². The van der Waals surface area contributed by atoms with Crippen molar-refractivity contribution in [3.8, 4) is 0 Å². The minimum atomic E-state index is 0.818. The Morgan fingerprint density at radius 3 is 2.63 bits per heavy atom. The molecule has 0 bridgehead atoms. The maximum atomic E-state index is 2.39. The molecule has 0 saturated heterocycles. The van der Waals surface area contributed by atoms with Crippen LogP contribution in [0.2, 0.25) is 0 Å². The fourth-order valence-corrected chi connectivity index (χ4v) is 2.17. The Bertz CT molecular complexity index is 404. The summed E-state index contributed by atoms with van der Waals surface area (Å²) in [5, 5.41) is 0. The molecule has 0 aliphatic carbocycles. The van der Waals surface area contributed by atoms with E-state index in [0.29, 0.717) is 0 Å². The van der Waals surface area contributed by atoms with E-state index in [2.05, 4.69) is 70.0 Å². The average molecular weight is 259 g/mol. The molecule has 1 rings (SSSR count). The van der Waals surface area contributed by atoms with E-state index in [4.69, 9.17) is 0 Å². The van der Waals surface area contributed by atoms with E-state index in [1.807, 2.05) is 0 Å². The topological polar surface area (TPSA) is 3.24 Å². The van der Waals surface area contributed by atoms with Gasteiger partial charge in [-0.3, -0.25) is 0 Å². The third-order valence-corrected chi connectivity index (χ3v) is 3.68. The van der Waals surface area contributed by atoms with Gasteiger partial charge in [-0.25, -0.2) is 0 Å². The molecule has 0 spiro atoms. The van der Waals surface area contributed by atoms with Crippen LogP contribution in [-0.4, -0.2) is 25.0 Å². The molecule has 0 aliphatic heterocycles. The van der Waals surface area contributed by atoms with Gasteiger partial charge < -0.3 is 4.90 Å². The summed E-state index contributed by atoms with van der Waals surface area (Å²) in [5.74, 6) is 0.818. The Hall–Kier alpha value is -1.08. The quantitative estimate of drug-likeness (QED) is 0.687. The molecule has 0 N–H and O–H groups in total. The second-order valence-corrected chi connectivity index (χ2v) is 5.99. The van der Waals surface area contributed by atoms with Gasteiger partial charge in [-0.05, 0) is 62.9 Å². The van der Waals surface area contributed by atoms with Crippen LogP contribution in [0.1, 0.15) is 43.4 Å². The van der Waals surface area contributed by atoms with Crippen LogP contribution < -0.4 is 0 Å². The van der Waals surface area contributed by atoms with Crippen LogP contribution in [0.25, 0.3) is 6.08 Å². The second kappa shape index (κ2) is 8.16. The summed E-state index contributed by atoms with van der Waals surface area (Å²) in [4.78, 5) is 2.39. The predicted octanol–water partition coefficient (Wildman–Crippen LogP) is 4.68. The maximum Gasteiger partial charge on any atom is 0.0163 e. The standard InChI is InChI=1S/C18H29N/c1-15(2)9-7-13-19(5)14-8-12-18-11-6-10-16(3)17(18)4/h6,8,10-12,15H,7,9,13-14H2,1-5H3/b12-8+. The number of aryl methyl sites for hydroxylation is 1. The zero-order chi connectivity index (χ0) is 14.3. The van der Waals surface area contributed by atoms with Crippen molar-refractivity contribution in [1.29, 1.82) is 0 Å². The number of hydrogen-bond donors (Lipinski definition) is 0. The summed E-state index contributed by atoms with van der Waals surface area (Å²) >= 11 is 0. The molecule has 0 aromatic heterocycles. The fourth-order valence-electron chi connectivity index (χ4n) is 2.17. The van der Waals surface area contributed by atoms with Gasteiger partial charge >= 0.3 is 0 Å². The van der Waals surface area contributed by atoms with Crippen molar-refractivity contribution < 1.29 is 0 Å². The highest BCUT2D eigenvalue weighted by molar-refractivity contribution is 5.55. The number of benzene rings is 1. The van der Waals surface area contributed by atoms with Gasteiger partial charge in [0.25, 0.3) is 0 Å². The van der Waals surface area contributed by atoms with Crippen molar-refractivity contribution in [2.45, 2.75) is 40.5 Å². The average Bonchev–Trinajstić information content (AvgIpc) is 2.34. The largest absolute Gasteiger partial charge is 0.303 e. The van der Waals surface area contributed by atoms with E-state index in [1.54, 1.807) is 0 Å². The molecule has 0 atom stereocenters. The highest BCUT2D eigenvalue weighted by Crippen LogP contribution is 2.14. The summed E-state index contributed by atoms with van der Waals surface area (Å²) in [6.45, 7) is 11.2. The SMILES string of the molecule is Cc1cccc(/C=C/CN(C)CCCC(C)C)c1C. The summed E-state index contributed by atoms with van der Waals surface area (Å²) < 4.78 is 0. The minimum absolute atomic E-state index is 0.818. The van der Waals surface area contributed by atoms with E-state index < -0.39 is 0 Å². The first-order chi connectivity index (χ1) is 9.00. The van der Waals surface area contributed by atoms with Crippen LogP contribution in [0.5, 0.6) is 0 Å². The first-order valence-electron chi connectivity index (χ1n) is 7.42. The number of nitrogens with zero attached hydrogens (tertiary/aromatic N) is 1. The van der Waals surface area contributed by atoms with Crippen LogP contribution >= 0.6 is 0 Å². The smallest absolute Gasteiger partial charge is 0.0163 e. The molecule has 19 heavy (non-hydrogen) atoms. The molecular weight excluding hydrogens is 230 g/mol. The van der Waals surface area contributed by atoms with Crippen molar-refractivity contribution >= 4 is 6.08 Å². The summed E-state index contributed by atoms with van der Waals surface area (Å²) in [6, 6.07) is 6.50. The van der Waals surface area contributed by atoms with Crippen molar-refractivity contribution in [1.82, 2.24) is 4.90 Å². The Kier molecular flexibility index (Phi) is 6.86. The fraction of sp³-hybridized carbons (Fsp3) is 0.556. The lowest BCUT2D eigenvalue weighted by Crippen LogP contribution is -2.19. The normalized spacial score (nSPS) is 11.9. The molecule has 1 nitrogen and oxygen atoms in total. The van der Waals surface area contributed by atoms with E-state index >= 15 is 0 Å². The molecule has 0 unspecified atom stereocenters. The zero-order valence-corrected chi connectivity index (χ0v) is 13.2. The van der Waals surface area contributed by atoms with Crippen LogP contribution in [0.15, 0.2) is 24.3 Å². The summed E-state index contributed by atoms with van der Waals surface area (Å²) in [6.07, 6.45) is 7.15. The molecule has 0 radical (unpaired) electrons. The molecule has 0 aliphatic rings. The lowest BCUT2D eigenvalue weighted by atomic mass is 10.0. The molecule has 1 aromatic rings. The van der Waals surface area contributed by atoms with Crippen molar-refractivity contribution in [2.75, 3.05) is 20.1 Å². The van der Waals surface area contributed by atoms with Crippen molar-refractivity contribution in [3.05, 3.63) is 41.0 Å². The van der Waals surface area contributed by atoms with Gasteiger partial charge in [0.05, 0.1) is 0 Å². The number of hydrogen-bond acceptors (Lipinski definition) is 1. The van der Waals surface area contributed by atoms with Gasteiger partial charge in [0.1, 0.15) is 0 Å². The monoisotopic (exact) mass is 259 g/mol. The van der Waals surface area contributed by atoms with Crippen LogP contribution in [-0.2, 0) is 0 Å². The lowest BCUT2D eigenvalue weighted by molar-refractivity contribution is 0.348. The second-order valence-electron chi connectivity index (χ2n) is 5.99. The molecular formula is C18H29N. The highest BCUT2D eigenvalue weighted by atomic mass is 15.1. The zero-order valence-electron chi connectivity index (χ0n) is 13.2. The molecule has 0 saturated carbocycles. The van der Waals surface area contributed by atoms with Gasteiger partial charge in [-0.15, -0.1) is 0 Å². The Morgan fingerprint density at radius 2 is 1.95 bits per heavy atom. The molecule has 0 amide bonds. The van der Waals surface area contributed by atoms with Crippen LogP contribution in [0, 0.1) is 19.8 Å². The van der Waals surface area contributed by atoms with Crippen LogP contribution in [0.4, 0.5) is 0 Å². The molecule has 0 fully saturated rings. The highest BCUT2D eigenvalue weighted by Gasteiger charge is 1.99. The Morgan fingerprint density at radius 1 is 1.21 bits per heavy atom. The minimum Gasteiger partial charge on any atom is -0.303 e. The third-order valence-electron chi connectivity index (χ3n) is 3.68. The van der Waals surface area contributed by atoms with Gasteiger partial charge in [0, 0.05) is 6.54 Å². The van der Waals surface area contributed by atoms with E-state index in [9.17, 15) is 0 Å². The molecule has 1 aromatic carbocycles. The van der Waals surface area contributed by atoms with Crippen molar-refractivity contribution in [3.63, 3.8) is 0 Å². The van der Waals surface area contributed by atoms with Gasteiger partial charge in [0.2, 0.25) is 0 Å². The van der Waals surface area contributed by atoms with Gasteiger partial charge in [-0.1, -0.05) is 44.2 Å². The molecule has 0 heterocycles. The number of rotatable bonds is 7. The van der Waals surface area contributed by atoms with E-state index in [-0.39, 0.29) is 0 Å². The van der Waals surface area contributed by atoms with E-state index in [0.717, 1.165) is 12.5 Å². The predicted molar refractivity (Wildman–Crippen MR) is 86.5 cm³/mol. The lowest BCUT2D eigenvalue weighted by Gasteiger charge is -2.15. The maximum absolute atomic E-state index is 2.39.